The van der Waals surface area contributed by atoms with Gasteiger partial charge in [0.1, 0.15) is 0 Å². The van der Waals surface area contributed by atoms with Crippen LogP contribution in [0.4, 0.5) is 13.2 Å². The number of sulfonamides is 1. The molecule has 1 aromatic carbocycles. The Morgan fingerprint density at radius 2 is 1.47 bits per heavy atom. The van der Waals surface area contributed by atoms with Crippen LogP contribution >= 0.6 is 0 Å². The highest BCUT2D eigenvalue weighted by Gasteiger charge is 2.72. The van der Waals surface area contributed by atoms with E-state index in [-0.39, 0.29) is 0 Å². The summed E-state index contributed by atoms with van der Waals surface area (Å²) in [6, 6.07) is 5.73. The van der Waals surface area contributed by atoms with Crippen LogP contribution in [0, 0.1) is 5.92 Å². The van der Waals surface area contributed by atoms with Crippen LogP contribution in [0.1, 0.15) is 13.8 Å². The molecule has 0 aliphatic carbocycles. The minimum Gasteiger partial charge on any atom is -0.467 e. The maximum absolute atomic E-state index is 14.3. The van der Waals surface area contributed by atoms with Crippen molar-refractivity contribution in [3.8, 4) is 0 Å². The minimum absolute atomic E-state index is 0.463. The van der Waals surface area contributed by atoms with E-state index in [1.54, 1.807) is 0 Å². The Bertz CT molecular complexity index is 855. The first-order valence-electron chi connectivity index (χ1n) is 8.46. The lowest BCUT2D eigenvalue weighted by molar-refractivity contribution is -0.227. The van der Waals surface area contributed by atoms with E-state index in [1.165, 1.54) is 32.0 Å². The van der Waals surface area contributed by atoms with Gasteiger partial charge in [0.05, 0.1) is 25.2 Å². The lowest BCUT2D eigenvalue weighted by Gasteiger charge is -2.36. The van der Waals surface area contributed by atoms with Gasteiger partial charge in [-0.15, -0.1) is 0 Å². The van der Waals surface area contributed by atoms with Gasteiger partial charge in [-0.3, -0.25) is 9.59 Å². The molecule has 1 rings (SSSR count). The van der Waals surface area contributed by atoms with Crippen LogP contribution < -0.4 is 4.72 Å². The molecule has 0 spiro atoms. The fourth-order valence-corrected chi connectivity index (χ4v) is 3.86. The van der Waals surface area contributed by atoms with E-state index < -0.39 is 63.7 Å². The molecular weight excluding hydrogens is 435 g/mol. The molecule has 0 fully saturated rings. The number of esters is 3. The summed E-state index contributed by atoms with van der Waals surface area (Å²) in [7, 11) is -4.55. The van der Waals surface area contributed by atoms with E-state index in [9.17, 15) is 36.0 Å². The van der Waals surface area contributed by atoms with E-state index in [0.717, 1.165) is 16.9 Å². The van der Waals surface area contributed by atoms with Crippen molar-refractivity contribution in [1.82, 2.24) is 4.72 Å². The average Bonchev–Trinajstić information content (AvgIpc) is 2.66. The molecule has 168 valence electrons. The summed E-state index contributed by atoms with van der Waals surface area (Å²) in [6.07, 6.45) is -5.81. The van der Waals surface area contributed by atoms with Crippen molar-refractivity contribution in [2.45, 2.75) is 30.5 Å². The topological polar surface area (TPSA) is 125 Å². The van der Waals surface area contributed by atoms with Gasteiger partial charge in [-0.25, -0.2) is 13.2 Å². The first-order valence-corrected chi connectivity index (χ1v) is 9.94. The van der Waals surface area contributed by atoms with Gasteiger partial charge >= 0.3 is 24.1 Å². The molecule has 1 aromatic rings. The van der Waals surface area contributed by atoms with E-state index in [4.69, 9.17) is 0 Å². The van der Waals surface area contributed by atoms with Gasteiger partial charge in [-0.1, -0.05) is 18.2 Å². The number of rotatable bonds is 9. The van der Waals surface area contributed by atoms with Gasteiger partial charge < -0.3 is 14.2 Å². The SMILES string of the molecule is CCOC(=O)C(C(=O)OCC)[C@](NS(=O)(=O)c1ccccc1)(C(=O)OC)C(F)(F)F. The second-order valence-electron chi connectivity index (χ2n) is 5.65. The highest BCUT2D eigenvalue weighted by atomic mass is 32.2. The Hall–Kier alpha value is -2.67. The standard InChI is InChI=1S/C17H20F3NO8S/c1-4-28-13(22)12(14(23)29-5-2)16(15(24)27-3,17(18,19)20)21-30(25,26)11-9-7-6-8-10-11/h6-10,12,21H,4-5H2,1-3H3/t16-/m0/s1. The number of hydrogen-bond donors (Lipinski definition) is 1. The van der Waals surface area contributed by atoms with Crippen LogP contribution in [0.2, 0.25) is 0 Å². The van der Waals surface area contributed by atoms with Crippen LogP contribution in [0.25, 0.3) is 0 Å². The van der Waals surface area contributed by atoms with Crippen LogP contribution in [0.15, 0.2) is 35.2 Å². The van der Waals surface area contributed by atoms with Crippen molar-refractivity contribution in [3.63, 3.8) is 0 Å². The minimum atomic E-state index is -5.81. The number of nitrogens with one attached hydrogen (secondary N) is 1. The quantitative estimate of drug-likeness (QED) is 0.334. The van der Waals surface area contributed by atoms with Gasteiger partial charge in [0.15, 0.2) is 5.92 Å². The van der Waals surface area contributed by atoms with Crippen molar-refractivity contribution in [3.05, 3.63) is 30.3 Å². The summed E-state index contributed by atoms with van der Waals surface area (Å²) < 4.78 is 82.4. The van der Waals surface area contributed by atoms with E-state index >= 15 is 0 Å². The number of ether oxygens (including phenoxy) is 3. The largest absolute Gasteiger partial charge is 0.467 e. The molecule has 0 unspecified atom stereocenters. The Morgan fingerprint density at radius 3 is 1.83 bits per heavy atom. The third-order valence-corrected chi connectivity index (χ3v) is 5.26. The van der Waals surface area contributed by atoms with Crippen molar-refractivity contribution >= 4 is 27.9 Å². The third kappa shape index (κ3) is 5.08. The molecule has 30 heavy (non-hydrogen) atoms. The predicted molar refractivity (Wildman–Crippen MR) is 94.3 cm³/mol. The van der Waals surface area contributed by atoms with Crippen LogP contribution in [0.3, 0.4) is 0 Å². The number of methoxy groups -OCH3 is 1. The average molecular weight is 455 g/mol. The summed E-state index contributed by atoms with van der Waals surface area (Å²) in [5.41, 5.74) is -4.35. The van der Waals surface area contributed by atoms with Crippen molar-refractivity contribution in [2.24, 2.45) is 5.92 Å². The number of carbonyl (C=O) groups is 3. The summed E-state index contributed by atoms with van der Waals surface area (Å²) >= 11 is 0. The molecule has 0 aliphatic rings. The van der Waals surface area contributed by atoms with Crippen molar-refractivity contribution in [1.29, 1.82) is 0 Å². The molecule has 9 nitrogen and oxygen atoms in total. The first-order chi connectivity index (χ1) is 13.9. The third-order valence-electron chi connectivity index (χ3n) is 3.78. The Morgan fingerprint density at radius 1 is 1.00 bits per heavy atom. The van der Waals surface area contributed by atoms with E-state index in [1.807, 2.05) is 0 Å². The fraction of sp³-hybridized carbons (Fsp3) is 0.471. The zero-order valence-electron chi connectivity index (χ0n) is 16.2. The maximum Gasteiger partial charge on any atom is 0.419 e. The highest BCUT2D eigenvalue weighted by molar-refractivity contribution is 7.89. The summed E-state index contributed by atoms with van der Waals surface area (Å²) in [5.74, 6) is -8.96. The normalized spacial score (nSPS) is 14.0. The Kier molecular flexibility index (Phi) is 8.36. The molecule has 0 radical (unpaired) electrons. The molecule has 0 aliphatic heterocycles. The van der Waals surface area contributed by atoms with Crippen molar-refractivity contribution in [2.75, 3.05) is 20.3 Å². The highest BCUT2D eigenvalue weighted by Crippen LogP contribution is 2.40. The van der Waals surface area contributed by atoms with Gasteiger partial charge in [-0.2, -0.15) is 17.9 Å². The fourth-order valence-electron chi connectivity index (χ4n) is 2.49. The molecule has 0 heterocycles. The van der Waals surface area contributed by atoms with Gasteiger partial charge in [0.25, 0.3) is 0 Å². The zero-order valence-corrected chi connectivity index (χ0v) is 17.0. The maximum atomic E-state index is 14.3. The summed E-state index contributed by atoms with van der Waals surface area (Å²) in [6.45, 7) is 1.55. The lowest BCUT2D eigenvalue weighted by atomic mass is 9.83. The number of alkyl halides is 3. The predicted octanol–water partition coefficient (Wildman–Crippen LogP) is 1.18. The number of carbonyl (C=O) groups excluding carboxylic acids is 3. The monoisotopic (exact) mass is 455 g/mol. The number of benzene rings is 1. The molecule has 0 bridgehead atoms. The molecule has 1 N–H and O–H groups in total. The Labute approximate surface area is 170 Å². The molecule has 0 saturated heterocycles. The second kappa shape index (κ2) is 9.89. The molecule has 0 amide bonds. The smallest absolute Gasteiger partial charge is 0.419 e. The zero-order chi connectivity index (χ0) is 23.2. The van der Waals surface area contributed by atoms with Gasteiger partial charge in [-0.05, 0) is 26.0 Å². The molecule has 13 heteroatoms. The molecule has 1 atom stereocenters. The summed E-state index contributed by atoms with van der Waals surface area (Å²) in [4.78, 5) is 36.4. The number of halogens is 3. The van der Waals surface area contributed by atoms with Crippen molar-refractivity contribution < 1.29 is 50.2 Å². The number of hydrogen-bond acceptors (Lipinski definition) is 8. The lowest BCUT2D eigenvalue weighted by Crippen LogP contribution is -2.71. The first kappa shape index (κ1) is 25.4. The van der Waals surface area contributed by atoms with Crippen LogP contribution in [-0.2, 0) is 38.6 Å². The van der Waals surface area contributed by atoms with Crippen LogP contribution in [-0.4, -0.2) is 58.4 Å². The summed E-state index contributed by atoms with van der Waals surface area (Å²) in [5, 5.41) is 0. The van der Waals surface area contributed by atoms with Gasteiger partial charge in [0, 0.05) is 0 Å². The molecule has 0 aromatic heterocycles. The van der Waals surface area contributed by atoms with E-state index in [0.29, 0.717) is 7.11 Å². The Balaban J connectivity index is 3.84. The van der Waals surface area contributed by atoms with Gasteiger partial charge in [0.2, 0.25) is 15.6 Å². The van der Waals surface area contributed by atoms with E-state index in [2.05, 4.69) is 14.2 Å². The second-order valence-corrected chi connectivity index (χ2v) is 7.34. The molecule has 0 saturated carbocycles. The molecular formula is C17H20F3NO8S. The van der Waals surface area contributed by atoms with Crippen LogP contribution in [0.5, 0.6) is 0 Å².